The first kappa shape index (κ1) is 17.8. The number of nitrogens with one attached hydrogen (secondary N) is 1. The van der Waals surface area contributed by atoms with E-state index in [-0.39, 0.29) is 11.8 Å². The van der Waals surface area contributed by atoms with Crippen LogP contribution in [0.2, 0.25) is 0 Å². The van der Waals surface area contributed by atoms with E-state index >= 15 is 0 Å². The molecule has 0 spiro atoms. The monoisotopic (exact) mass is 303 g/mol. The Morgan fingerprint density at radius 2 is 1.95 bits per heavy atom. The van der Waals surface area contributed by atoms with Crippen molar-refractivity contribution in [2.75, 3.05) is 25.5 Å². The lowest BCUT2D eigenvalue weighted by molar-refractivity contribution is -0.106. The SMILES string of the molecule is CCN=C(NC(C)C)O/C(C=O)=C/c1ccc(N(C)C)cc1. The van der Waals surface area contributed by atoms with E-state index in [9.17, 15) is 4.79 Å². The van der Waals surface area contributed by atoms with Gasteiger partial charge in [-0.05, 0) is 44.5 Å². The van der Waals surface area contributed by atoms with Crippen LogP contribution >= 0.6 is 0 Å². The van der Waals surface area contributed by atoms with Crippen molar-refractivity contribution in [1.82, 2.24) is 5.32 Å². The van der Waals surface area contributed by atoms with Crippen molar-refractivity contribution in [2.45, 2.75) is 26.8 Å². The minimum absolute atomic E-state index is 0.178. The van der Waals surface area contributed by atoms with E-state index in [1.807, 2.05) is 64.0 Å². The quantitative estimate of drug-likeness (QED) is 0.289. The Labute approximate surface area is 132 Å². The molecule has 1 aromatic carbocycles. The van der Waals surface area contributed by atoms with E-state index in [0.717, 1.165) is 11.3 Å². The molecule has 0 amide bonds. The van der Waals surface area contributed by atoms with Crippen molar-refractivity contribution in [3.63, 3.8) is 0 Å². The van der Waals surface area contributed by atoms with Gasteiger partial charge < -0.3 is 15.0 Å². The van der Waals surface area contributed by atoms with Crippen molar-refractivity contribution >= 4 is 24.1 Å². The number of benzene rings is 1. The third-order valence-electron chi connectivity index (χ3n) is 2.76. The molecule has 0 saturated heterocycles. The number of carbonyl (C=O) groups excluding carboxylic acids is 1. The first-order valence-electron chi connectivity index (χ1n) is 7.39. The van der Waals surface area contributed by atoms with Gasteiger partial charge in [0.25, 0.3) is 6.02 Å². The summed E-state index contributed by atoms with van der Waals surface area (Å²) in [5.74, 6) is 0.220. The van der Waals surface area contributed by atoms with Gasteiger partial charge in [0.1, 0.15) is 0 Å². The molecule has 0 saturated carbocycles. The number of allylic oxidation sites excluding steroid dienone is 1. The van der Waals surface area contributed by atoms with E-state index in [4.69, 9.17) is 4.74 Å². The van der Waals surface area contributed by atoms with Crippen LogP contribution in [0.3, 0.4) is 0 Å². The summed E-state index contributed by atoms with van der Waals surface area (Å²) in [6.45, 7) is 6.46. The Balaban J connectivity index is 2.89. The van der Waals surface area contributed by atoms with Gasteiger partial charge in [0.2, 0.25) is 0 Å². The summed E-state index contributed by atoms with van der Waals surface area (Å²) in [6, 6.07) is 8.39. The van der Waals surface area contributed by atoms with Crippen LogP contribution in [0.4, 0.5) is 5.69 Å². The number of rotatable bonds is 6. The molecule has 5 nitrogen and oxygen atoms in total. The van der Waals surface area contributed by atoms with E-state index in [1.165, 1.54) is 0 Å². The fraction of sp³-hybridized carbons (Fsp3) is 0.412. The largest absolute Gasteiger partial charge is 0.423 e. The Hall–Kier alpha value is -2.30. The van der Waals surface area contributed by atoms with Gasteiger partial charge in [0, 0.05) is 32.4 Å². The zero-order chi connectivity index (χ0) is 16.5. The number of hydrogen-bond acceptors (Lipinski definition) is 4. The van der Waals surface area contributed by atoms with E-state index in [1.54, 1.807) is 6.08 Å². The van der Waals surface area contributed by atoms with Crippen LogP contribution in [-0.4, -0.2) is 39.0 Å². The minimum Gasteiger partial charge on any atom is -0.423 e. The molecule has 0 fully saturated rings. The average Bonchev–Trinajstić information content (AvgIpc) is 2.46. The molecule has 0 aromatic heterocycles. The maximum Gasteiger partial charge on any atom is 0.290 e. The average molecular weight is 303 g/mol. The van der Waals surface area contributed by atoms with Gasteiger partial charge in [-0.15, -0.1) is 0 Å². The number of hydrogen-bond donors (Lipinski definition) is 1. The Kier molecular flexibility index (Phi) is 7.16. The van der Waals surface area contributed by atoms with Crippen molar-refractivity contribution in [3.05, 3.63) is 35.6 Å². The molecule has 5 heteroatoms. The minimum atomic E-state index is 0.178. The topological polar surface area (TPSA) is 53.9 Å². The molecule has 1 aromatic rings. The summed E-state index contributed by atoms with van der Waals surface area (Å²) in [7, 11) is 3.96. The highest BCUT2D eigenvalue weighted by molar-refractivity contribution is 5.85. The number of aldehydes is 1. The number of nitrogens with zero attached hydrogens (tertiary/aromatic N) is 2. The van der Waals surface area contributed by atoms with Gasteiger partial charge >= 0.3 is 0 Å². The third kappa shape index (κ3) is 5.99. The van der Waals surface area contributed by atoms with Crippen LogP contribution in [0, 0.1) is 0 Å². The second-order valence-electron chi connectivity index (χ2n) is 5.33. The molecule has 22 heavy (non-hydrogen) atoms. The predicted molar refractivity (Wildman–Crippen MR) is 92.1 cm³/mol. The highest BCUT2D eigenvalue weighted by Crippen LogP contribution is 2.14. The maximum absolute atomic E-state index is 11.2. The van der Waals surface area contributed by atoms with Crippen molar-refractivity contribution in [3.8, 4) is 0 Å². The van der Waals surface area contributed by atoms with Gasteiger partial charge in [-0.1, -0.05) is 12.1 Å². The molecule has 0 unspecified atom stereocenters. The second kappa shape index (κ2) is 8.87. The number of ether oxygens (including phenoxy) is 1. The summed E-state index contributed by atoms with van der Waals surface area (Å²) in [6.07, 6.45) is 2.38. The summed E-state index contributed by atoms with van der Waals surface area (Å²) in [5, 5.41) is 3.08. The van der Waals surface area contributed by atoms with Gasteiger partial charge in [0.15, 0.2) is 12.0 Å². The van der Waals surface area contributed by atoms with E-state index in [2.05, 4.69) is 10.3 Å². The summed E-state index contributed by atoms with van der Waals surface area (Å²) < 4.78 is 5.55. The van der Waals surface area contributed by atoms with Crippen molar-refractivity contribution < 1.29 is 9.53 Å². The standard InChI is InChI=1S/C17H25N3O2/c1-6-18-17(19-13(2)3)22-16(12-21)11-14-7-9-15(10-8-14)20(4)5/h7-13H,6H2,1-5H3,(H,18,19)/b16-11+. The molecule has 0 aliphatic rings. The molecular formula is C17H25N3O2. The van der Waals surface area contributed by atoms with Crippen LogP contribution in [0.5, 0.6) is 0 Å². The number of carbonyl (C=O) groups is 1. The lowest BCUT2D eigenvalue weighted by Gasteiger charge is -2.14. The first-order valence-corrected chi connectivity index (χ1v) is 7.39. The highest BCUT2D eigenvalue weighted by Gasteiger charge is 2.06. The summed E-state index contributed by atoms with van der Waals surface area (Å²) in [5.41, 5.74) is 1.99. The Bertz CT molecular complexity index is 531. The summed E-state index contributed by atoms with van der Waals surface area (Å²) in [4.78, 5) is 17.5. The molecular weight excluding hydrogens is 278 g/mol. The Morgan fingerprint density at radius 1 is 1.32 bits per heavy atom. The van der Waals surface area contributed by atoms with Crippen LogP contribution in [0.15, 0.2) is 35.0 Å². The fourth-order valence-corrected chi connectivity index (χ4v) is 1.73. The predicted octanol–water partition coefficient (Wildman–Crippen LogP) is 2.68. The first-order chi connectivity index (χ1) is 10.5. The van der Waals surface area contributed by atoms with Crippen LogP contribution < -0.4 is 10.2 Å². The van der Waals surface area contributed by atoms with Crippen molar-refractivity contribution in [1.29, 1.82) is 0 Å². The van der Waals surface area contributed by atoms with E-state index in [0.29, 0.717) is 18.9 Å². The third-order valence-corrected chi connectivity index (χ3v) is 2.76. The normalized spacial score (nSPS) is 12.3. The van der Waals surface area contributed by atoms with E-state index < -0.39 is 0 Å². The highest BCUT2D eigenvalue weighted by atomic mass is 16.5. The van der Waals surface area contributed by atoms with Gasteiger partial charge in [0.05, 0.1) is 0 Å². The van der Waals surface area contributed by atoms with Gasteiger partial charge in [-0.2, -0.15) is 0 Å². The Morgan fingerprint density at radius 3 is 2.41 bits per heavy atom. The maximum atomic E-state index is 11.2. The molecule has 1 rings (SSSR count). The zero-order valence-corrected chi connectivity index (χ0v) is 14.0. The lowest BCUT2D eigenvalue weighted by atomic mass is 10.2. The number of anilines is 1. The lowest BCUT2D eigenvalue weighted by Crippen LogP contribution is -2.32. The second-order valence-corrected chi connectivity index (χ2v) is 5.33. The number of amidine groups is 1. The molecule has 0 aliphatic carbocycles. The smallest absolute Gasteiger partial charge is 0.290 e. The molecule has 120 valence electrons. The van der Waals surface area contributed by atoms with Crippen LogP contribution in [0.25, 0.3) is 6.08 Å². The molecule has 0 bridgehead atoms. The molecule has 0 heterocycles. The molecule has 0 radical (unpaired) electrons. The van der Waals surface area contributed by atoms with Crippen molar-refractivity contribution in [2.24, 2.45) is 4.99 Å². The fourth-order valence-electron chi connectivity index (χ4n) is 1.73. The summed E-state index contributed by atoms with van der Waals surface area (Å²) >= 11 is 0. The van der Waals surface area contributed by atoms with Crippen LogP contribution in [-0.2, 0) is 9.53 Å². The molecule has 1 N–H and O–H groups in total. The zero-order valence-electron chi connectivity index (χ0n) is 14.0. The van der Waals surface area contributed by atoms with Crippen LogP contribution in [0.1, 0.15) is 26.3 Å². The van der Waals surface area contributed by atoms with Gasteiger partial charge in [-0.3, -0.25) is 4.79 Å². The molecule has 0 aliphatic heterocycles. The molecule has 0 atom stereocenters. The van der Waals surface area contributed by atoms with Gasteiger partial charge in [-0.25, -0.2) is 4.99 Å². The number of aliphatic imine (C=N–C) groups is 1.